The predicted molar refractivity (Wildman–Crippen MR) is 173 cm³/mol. The second-order valence-corrected chi connectivity index (χ2v) is 10.9. The summed E-state index contributed by atoms with van der Waals surface area (Å²) in [6, 6.07) is 45.0. The first-order valence-electron chi connectivity index (χ1n) is 14.3. The van der Waals surface area contributed by atoms with E-state index in [1.54, 1.807) is 6.07 Å². The van der Waals surface area contributed by atoms with Gasteiger partial charge in [-0.15, -0.1) is 0 Å². The highest BCUT2D eigenvalue weighted by Crippen LogP contribution is 2.38. The first-order chi connectivity index (χ1) is 20.5. The van der Waals surface area contributed by atoms with Crippen molar-refractivity contribution in [2.45, 2.75) is 20.3 Å². The Kier molecular flexibility index (Phi) is 7.78. The fourth-order valence-electron chi connectivity index (χ4n) is 5.31. The molecule has 4 nitrogen and oxygen atoms in total. The second-order valence-electron chi connectivity index (χ2n) is 10.9. The average molecular weight is 548 g/mol. The molecular weight excluding hydrogens is 514 g/mol. The Hall–Kier alpha value is -5.22. The van der Waals surface area contributed by atoms with Crippen LogP contribution in [-0.2, 0) is 6.42 Å². The fourth-order valence-corrected chi connectivity index (χ4v) is 5.31. The number of pyridine rings is 2. The van der Waals surface area contributed by atoms with Crippen LogP contribution in [0, 0.1) is 5.92 Å². The molecule has 206 valence electrons. The largest absolute Gasteiger partial charge is 0.507 e. The van der Waals surface area contributed by atoms with Gasteiger partial charge in [-0.2, -0.15) is 0 Å². The molecule has 0 radical (unpaired) electrons. The summed E-state index contributed by atoms with van der Waals surface area (Å²) in [5.74, 6) is 1.54. The molecular formula is C38H33N3O. The quantitative estimate of drug-likeness (QED) is 0.206. The maximum absolute atomic E-state index is 10.6. The highest BCUT2D eigenvalue weighted by Gasteiger charge is 2.17. The van der Waals surface area contributed by atoms with Gasteiger partial charge in [-0.3, -0.25) is 4.90 Å². The molecule has 0 amide bonds. The van der Waals surface area contributed by atoms with E-state index in [2.05, 4.69) is 104 Å². The number of rotatable bonds is 8. The summed E-state index contributed by atoms with van der Waals surface area (Å²) in [5, 5.41) is 10.6. The maximum atomic E-state index is 10.6. The Morgan fingerprint density at radius 3 is 1.98 bits per heavy atom. The van der Waals surface area contributed by atoms with Gasteiger partial charge in [0.1, 0.15) is 11.6 Å². The Morgan fingerprint density at radius 2 is 1.26 bits per heavy atom. The summed E-state index contributed by atoms with van der Waals surface area (Å²) >= 11 is 0. The van der Waals surface area contributed by atoms with Crippen molar-refractivity contribution >= 4 is 17.2 Å². The minimum Gasteiger partial charge on any atom is -0.507 e. The van der Waals surface area contributed by atoms with Crippen LogP contribution in [0.2, 0.25) is 0 Å². The fraction of sp³-hybridized carbons (Fsp3) is 0.105. The van der Waals surface area contributed by atoms with Crippen LogP contribution in [0.4, 0.5) is 17.2 Å². The molecule has 0 saturated carbocycles. The topological polar surface area (TPSA) is 49.2 Å². The average Bonchev–Trinajstić information content (AvgIpc) is 3.02. The van der Waals surface area contributed by atoms with Gasteiger partial charge in [0, 0.05) is 28.7 Å². The number of nitrogens with zero attached hydrogens (tertiary/aromatic N) is 3. The lowest BCUT2D eigenvalue weighted by Gasteiger charge is -2.25. The van der Waals surface area contributed by atoms with E-state index in [4.69, 9.17) is 9.97 Å². The highest BCUT2D eigenvalue weighted by atomic mass is 16.3. The van der Waals surface area contributed by atoms with Crippen LogP contribution in [0.15, 0.2) is 140 Å². The molecule has 2 aromatic heterocycles. The lowest BCUT2D eigenvalue weighted by molar-refractivity contribution is 0.477. The molecule has 0 spiro atoms. The monoisotopic (exact) mass is 547 g/mol. The van der Waals surface area contributed by atoms with E-state index >= 15 is 0 Å². The number of phenolic OH excluding ortho intramolecular Hbond substituents is 1. The van der Waals surface area contributed by atoms with Crippen molar-refractivity contribution < 1.29 is 5.11 Å². The Labute approximate surface area is 247 Å². The molecule has 0 atom stereocenters. The number of hydrogen-bond donors (Lipinski definition) is 1. The third-order valence-corrected chi connectivity index (χ3v) is 7.20. The van der Waals surface area contributed by atoms with Gasteiger partial charge in [0.25, 0.3) is 0 Å². The van der Waals surface area contributed by atoms with Crippen LogP contribution < -0.4 is 4.90 Å². The minimum atomic E-state index is 0.228. The molecule has 0 bridgehead atoms. The van der Waals surface area contributed by atoms with Crippen molar-refractivity contribution in [3.05, 3.63) is 145 Å². The Morgan fingerprint density at radius 1 is 0.619 bits per heavy atom. The Balaban J connectivity index is 1.47. The van der Waals surface area contributed by atoms with Crippen molar-refractivity contribution in [3.8, 4) is 39.4 Å². The minimum absolute atomic E-state index is 0.228. The third kappa shape index (κ3) is 5.93. The number of benzene rings is 4. The smallest absolute Gasteiger partial charge is 0.137 e. The van der Waals surface area contributed by atoms with E-state index in [-0.39, 0.29) is 5.75 Å². The van der Waals surface area contributed by atoms with Crippen molar-refractivity contribution in [3.63, 3.8) is 0 Å². The van der Waals surface area contributed by atoms with E-state index in [1.807, 2.05) is 48.7 Å². The van der Waals surface area contributed by atoms with E-state index in [1.165, 1.54) is 5.56 Å². The van der Waals surface area contributed by atoms with E-state index in [0.717, 1.165) is 57.3 Å². The van der Waals surface area contributed by atoms with Gasteiger partial charge in [-0.05, 0) is 89.7 Å². The Bertz CT molecular complexity index is 1800. The SMILES string of the molecule is CC(C)Cc1cc(-c2cccc(N(c3cccc(-c4ccccc4)c3)c3ccccn3)c2)nc(-c2ccccc2O)c1. The van der Waals surface area contributed by atoms with Gasteiger partial charge in [-0.25, -0.2) is 9.97 Å². The highest BCUT2D eigenvalue weighted by molar-refractivity contribution is 5.81. The number of aromatic hydroxyl groups is 1. The molecule has 0 fully saturated rings. The number of hydrogen-bond acceptors (Lipinski definition) is 4. The molecule has 0 saturated heterocycles. The van der Waals surface area contributed by atoms with Crippen LogP contribution in [0.25, 0.3) is 33.6 Å². The van der Waals surface area contributed by atoms with Crippen LogP contribution in [-0.4, -0.2) is 15.1 Å². The standard InChI is InChI=1S/C38H33N3O/c1-27(2)22-28-23-35(40-36(24-28)34-18-6-7-19-37(34)42)31-15-11-17-33(26-31)41(38-20-8-9-21-39-38)32-16-10-14-30(25-32)29-12-4-3-5-13-29/h3-21,23-27,42H,22H2,1-2H3. The molecule has 0 unspecified atom stereocenters. The first kappa shape index (κ1) is 27.0. The lowest BCUT2D eigenvalue weighted by atomic mass is 9.98. The summed E-state index contributed by atoms with van der Waals surface area (Å²) in [4.78, 5) is 12.0. The van der Waals surface area contributed by atoms with Gasteiger partial charge < -0.3 is 5.11 Å². The van der Waals surface area contributed by atoms with Crippen molar-refractivity contribution in [1.29, 1.82) is 0 Å². The molecule has 0 aliphatic rings. The first-order valence-corrected chi connectivity index (χ1v) is 14.3. The van der Waals surface area contributed by atoms with Gasteiger partial charge in [0.2, 0.25) is 0 Å². The zero-order valence-corrected chi connectivity index (χ0v) is 23.9. The summed E-state index contributed by atoms with van der Waals surface area (Å²) in [7, 11) is 0. The zero-order chi connectivity index (χ0) is 28.9. The lowest BCUT2D eigenvalue weighted by Crippen LogP contribution is -2.11. The molecule has 6 aromatic rings. The second kappa shape index (κ2) is 12.1. The van der Waals surface area contributed by atoms with Gasteiger partial charge in [0.15, 0.2) is 0 Å². The van der Waals surface area contributed by atoms with Crippen LogP contribution in [0.1, 0.15) is 19.4 Å². The summed E-state index contributed by atoms with van der Waals surface area (Å²) in [6.45, 7) is 4.43. The molecule has 42 heavy (non-hydrogen) atoms. The third-order valence-electron chi connectivity index (χ3n) is 7.20. The normalized spacial score (nSPS) is 11.0. The molecule has 6 rings (SSSR count). The van der Waals surface area contributed by atoms with Crippen LogP contribution in [0.3, 0.4) is 0 Å². The van der Waals surface area contributed by atoms with Crippen molar-refractivity contribution in [2.75, 3.05) is 4.90 Å². The van der Waals surface area contributed by atoms with E-state index < -0.39 is 0 Å². The summed E-state index contributed by atoms with van der Waals surface area (Å²) < 4.78 is 0. The molecule has 4 heteroatoms. The summed E-state index contributed by atoms with van der Waals surface area (Å²) in [6.07, 6.45) is 2.74. The van der Waals surface area contributed by atoms with E-state index in [9.17, 15) is 5.11 Å². The molecule has 2 heterocycles. The maximum Gasteiger partial charge on any atom is 0.137 e. The van der Waals surface area contributed by atoms with Crippen LogP contribution >= 0.6 is 0 Å². The molecule has 4 aromatic carbocycles. The number of aromatic nitrogens is 2. The number of para-hydroxylation sites is 1. The number of phenols is 1. The van der Waals surface area contributed by atoms with Crippen molar-refractivity contribution in [2.24, 2.45) is 5.92 Å². The zero-order valence-electron chi connectivity index (χ0n) is 23.9. The van der Waals surface area contributed by atoms with Crippen LogP contribution in [0.5, 0.6) is 5.75 Å². The molecule has 0 aliphatic carbocycles. The molecule has 1 N–H and O–H groups in total. The number of anilines is 3. The van der Waals surface area contributed by atoms with Gasteiger partial charge in [0.05, 0.1) is 11.4 Å². The summed E-state index contributed by atoms with van der Waals surface area (Å²) in [5.41, 5.74) is 8.85. The van der Waals surface area contributed by atoms with Crippen molar-refractivity contribution in [1.82, 2.24) is 9.97 Å². The van der Waals surface area contributed by atoms with E-state index in [0.29, 0.717) is 5.92 Å². The van der Waals surface area contributed by atoms with Gasteiger partial charge in [-0.1, -0.05) is 86.6 Å². The predicted octanol–water partition coefficient (Wildman–Crippen LogP) is 9.85. The molecule has 0 aliphatic heterocycles. The van der Waals surface area contributed by atoms with Gasteiger partial charge >= 0.3 is 0 Å².